The Bertz CT molecular complexity index is 568. The Hall–Kier alpha value is -1.36. The van der Waals surface area contributed by atoms with Crippen LogP contribution in [0.1, 0.15) is 37.2 Å². The molecular formula is C15H16BrNO3. The summed E-state index contributed by atoms with van der Waals surface area (Å²) in [6.07, 6.45) is 2.28. The number of aliphatic carboxylic acids is 1. The monoisotopic (exact) mass is 337 g/mol. The van der Waals surface area contributed by atoms with Gasteiger partial charge in [-0.25, -0.2) is 0 Å². The zero-order chi connectivity index (χ0) is 14.3. The number of benzene rings is 1. The fraction of sp³-hybridized carbons (Fsp3) is 0.467. The van der Waals surface area contributed by atoms with Gasteiger partial charge in [0.1, 0.15) is 0 Å². The summed E-state index contributed by atoms with van der Waals surface area (Å²) in [5.74, 6) is -0.634. The minimum Gasteiger partial charge on any atom is -0.481 e. The van der Waals surface area contributed by atoms with Crippen molar-refractivity contribution in [3.05, 3.63) is 34.3 Å². The van der Waals surface area contributed by atoms with E-state index in [2.05, 4.69) is 27.3 Å². The van der Waals surface area contributed by atoms with Crippen LogP contribution in [0.15, 0.2) is 28.7 Å². The third-order valence-electron chi connectivity index (χ3n) is 4.25. The van der Waals surface area contributed by atoms with E-state index in [4.69, 9.17) is 5.11 Å². The fourth-order valence-corrected chi connectivity index (χ4v) is 3.24. The number of nitrogens with one attached hydrogen (secondary N) is 1. The molecule has 5 heteroatoms. The van der Waals surface area contributed by atoms with Gasteiger partial charge in [0.05, 0.1) is 5.41 Å². The fourth-order valence-electron chi connectivity index (χ4n) is 2.66. The van der Waals surface area contributed by atoms with E-state index in [0.29, 0.717) is 18.8 Å². The molecule has 1 amide bonds. The van der Waals surface area contributed by atoms with Crippen LogP contribution in [0.4, 0.5) is 0 Å². The zero-order valence-electron chi connectivity index (χ0n) is 10.9. The van der Waals surface area contributed by atoms with Crippen molar-refractivity contribution in [3.8, 4) is 0 Å². The smallest absolute Gasteiger partial charge is 0.310 e. The molecule has 1 aromatic rings. The van der Waals surface area contributed by atoms with Crippen molar-refractivity contribution in [1.29, 1.82) is 0 Å². The van der Waals surface area contributed by atoms with Crippen LogP contribution in [0.3, 0.4) is 0 Å². The molecule has 1 aromatic carbocycles. The van der Waals surface area contributed by atoms with Gasteiger partial charge in [-0.15, -0.1) is 0 Å². The minimum atomic E-state index is -0.842. The van der Waals surface area contributed by atoms with Gasteiger partial charge < -0.3 is 10.4 Å². The molecular weight excluding hydrogens is 322 g/mol. The molecule has 0 aliphatic heterocycles. The van der Waals surface area contributed by atoms with E-state index >= 15 is 0 Å². The predicted molar refractivity (Wildman–Crippen MR) is 77.4 cm³/mol. The molecule has 2 N–H and O–H groups in total. The summed E-state index contributed by atoms with van der Waals surface area (Å²) in [5.41, 5.74) is 0.430. The molecule has 0 radical (unpaired) electrons. The van der Waals surface area contributed by atoms with Crippen LogP contribution in [0.5, 0.6) is 0 Å². The van der Waals surface area contributed by atoms with Crippen LogP contribution in [0, 0.1) is 5.41 Å². The molecule has 0 spiro atoms. The first-order valence-electron chi connectivity index (χ1n) is 6.79. The molecule has 0 saturated heterocycles. The van der Waals surface area contributed by atoms with Crippen molar-refractivity contribution in [2.24, 2.45) is 5.41 Å². The maximum absolute atomic E-state index is 11.9. The van der Waals surface area contributed by atoms with Crippen molar-refractivity contribution < 1.29 is 14.7 Å². The third kappa shape index (κ3) is 2.59. The summed E-state index contributed by atoms with van der Waals surface area (Å²) in [6.45, 7) is 0. The molecule has 20 heavy (non-hydrogen) atoms. The molecule has 2 aliphatic carbocycles. The number of hydrogen-bond donors (Lipinski definition) is 2. The highest BCUT2D eigenvalue weighted by Crippen LogP contribution is 2.49. The Kier molecular flexibility index (Phi) is 3.32. The molecule has 3 rings (SSSR count). The largest absolute Gasteiger partial charge is 0.481 e. The van der Waals surface area contributed by atoms with E-state index in [0.717, 1.165) is 10.9 Å². The summed E-state index contributed by atoms with van der Waals surface area (Å²) in [6, 6.07) is 8.15. The summed E-state index contributed by atoms with van der Waals surface area (Å²) < 4.78 is 1.06. The number of rotatable bonds is 5. The lowest BCUT2D eigenvalue weighted by atomic mass is 10.0. The Morgan fingerprint density at radius 3 is 2.65 bits per heavy atom. The van der Waals surface area contributed by atoms with Crippen LogP contribution in [-0.2, 0) is 9.59 Å². The van der Waals surface area contributed by atoms with Crippen LogP contribution < -0.4 is 5.32 Å². The molecule has 2 aliphatic rings. The van der Waals surface area contributed by atoms with E-state index in [1.165, 1.54) is 5.56 Å². The summed E-state index contributed by atoms with van der Waals surface area (Å²) >= 11 is 3.52. The lowest BCUT2D eigenvalue weighted by Crippen LogP contribution is -2.31. The topological polar surface area (TPSA) is 66.4 Å². The molecule has 2 fully saturated rings. The van der Waals surface area contributed by atoms with Crippen molar-refractivity contribution >= 4 is 27.8 Å². The van der Waals surface area contributed by atoms with Gasteiger partial charge in [0.25, 0.3) is 0 Å². The van der Waals surface area contributed by atoms with Gasteiger partial charge in [0.15, 0.2) is 0 Å². The number of carbonyl (C=O) groups is 2. The normalized spacial score (nSPS) is 25.9. The number of hydrogen-bond acceptors (Lipinski definition) is 2. The average Bonchev–Trinajstić information content (AvgIpc) is 3.27. The van der Waals surface area contributed by atoms with Crippen LogP contribution in [0.25, 0.3) is 0 Å². The molecule has 106 valence electrons. The van der Waals surface area contributed by atoms with Crippen LogP contribution >= 0.6 is 15.9 Å². The maximum Gasteiger partial charge on any atom is 0.310 e. The van der Waals surface area contributed by atoms with Gasteiger partial charge in [-0.3, -0.25) is 9.59 Å². The summed E-state index contributed by atoms with van der Waals surface area (Å²) in [4.78, 5) is 23.0. The standard InChI is InChI=1S/C15H16BrNO3/c16-11-4-2-1-3-9(11)10-7-12(10)17-13(18)8-15(5-6-15)14(19)20/h1-4,10,12H,5-8H2,(H,17,18)(H,19,20)/t10-,12+/m0/s1. The Balaban J connectivity index is 1.55. The highest BCUT2D eigenvalue weighted by Gasteiger charge is 2.52. The molecule has 0 heterocycles. The molecule has 4 nitrogen and oxygen atoms in total. The SMILES string of the molecule is O=C(CC1(C(=O)O)CC1)N[C@@H]1C[C@H]1c1ccccc1Br. The summed E-state index contributed by atoms with van der Waals surface area (Å²) in [7, 11) is 0. The number of amides is 1. The van der Waals surface area contributed by atoms with E-state index in [9.17, 15) is 9.59 Å². The lowest BCUT2D eigenvalue weighted by molar-refractivity contribution is -0.145. The van der Waals surface area contributed by atoms with E-state index < -0.39 is 11.4 Å². The van der Waals surface area contributed by atoms with Crippen LogP contribution in [-0.4, -0.2) is 23.0 Å². The Morgan fingerprint density at radius 1 is 1.35 bits per heavy atom. The average molecular weight is 338 g/mol. The first-order chi connectivity index (χ1) is 9.52. The maximum atomic E-state index is 11.9. The van der Waals surface area contributed by atoms with E-state index in [1.807, 2.05) is 18.2 Å². The second kappa shape index (κ2) is 4.88. The highest BCUT2D eigenvalue weighted by molar-refractivity contribution is 9.10. The lowest BCUT2D eigenvalue weighted by Gasteiger charge is -2.10. The van der Waals surface area contributed by atoms with Gasteiger partial charge in [-0.2, -0.15) is 0 Å². The number of carboxylic acid groups (broad SMARTS) is 1. The first-order valence-corrected chi connectivity index (χ1v) is 7.58. The quantitative estimate of drug-likeness (QED) is 0.867. The second-order valence-corrected chi connectivity index (χ2v) is 6.65. The third-order valence-corrected chi connectivity index (χ3v) is 4.97. The molecule has 2 saturated carbocycles. The summed E-state index contributed by atoms with van der Waals surface area (Å²) in [5, 5.41) is 12.0. The van der Waals surface area contributed by atoms with Crippen molar-refractivity contribution in [3.63, 3.8) is 0 Å². The minimum absolute atomic E-state index is 0.113. The van der Waals surface area contributed by atoms with Crippen molar-refractivity contribution in [2.45, 2.75) is 37.6 Å². The highest BCUT2D eigenvalue weighted by atomic mass is 79.9. The second-order valence-electron chi connectivity index (χ2n) is 5.80. The van der Waals surface area contributed by atoms with Gasteiger partial charge in [-0.1, -0.05) is 34.1 Å². The van der Waals surface area contributed by atoms with Crippen molar-refractivity contribution in [1.82, 2.24) is 5.32 Å². The first kappa shape index (κ1) is 13.6. The molecule has 2 atom stereocenters. The van der Waals surface area contributed by atoms with Crippen LogP contribution in [0.2, 0.25) is 0 Å². The molecule has 0 bridgehead atoms. The number of carbonyl (C=O) groups excluding carboxylic acids is 1. The van der Waals surface area contributed by atoms with E-state index in [1.54, 1.807) is 0 Å². The number of carboxylic acids is 1. The number of halogens is 1. The Labute approximate surface area is 125 Å². The Morgan fingerprint density at radius 2 is 2.05 bits per heavy atom. The van der Waals surface area contributed by atoms with Crippen molar-refractivity contribution in [2.75, 3.05) is 0 Å². The van der Waals surface area contributed by atoms with Gasteiger partial charge >= 0.3 is 5.97 Å². The van der Waals surface area contributed by atoms with Gasteiger partial charge in [0, 0.05) is 22.9 Å². The molecule has 0 unspecified atom stereocenters. The zero-order valence-corrected chi connectivity index (χ0v) is 12.5. The van der Waals surface area contributed by atoms with Gasteiger partial charge in [0.2, 0.25) is 5.91 Å². The predicted octanol–water partition coefficient (Wildman–Crippen LogP) is 2.68. The molecule has 0 aromatic heterocycles. The van der Waals surface area contributed by atoms with Gasteiger partial charge in [-0.05, 0) is 30.9 Å². The van der Waals surface area contributed by atoms with E-state index in [-0.39, 0.29) is 18.4 Å².